The van der Waals surface area contributed by atoms with Crippen LogP contribution in [0.15, 0.2) is 67.0 Å². The highest BCUT2D eigenvalue weighted by atomic mass is 16.5. The van der Waals surface area contributed by atoms with Gasteiger partial charge in [-0.3, -0.25) is 0 Å². The number of phenolic OH excluding ortho intramolecular Hbond substituents is 1. The summed E-state index contributed by atoms with van der Waals surface area (Å²) in [7, 11) is 3.20. The molecule has 0 spiro atoms. The van der Waals surface area contributed by atoms with Crippen molar-refractivity contribution in [3.05, 3.63) is 95.1 Å². The van der Waals surface area contributed by atoms with Crippen LogP contribution in [-0.4, -0.2) is 38.9 Å². The molecule has 1 N–H and O–H groups in total. The zero-order valence-electron chi connectivity index (χ0n) is 20.5. The molecule has 0 saturated carbocycles. The van der Waals surface area contributed by atoms with Crippen LogP contribution in [-0.2, 0) is 6.61 Å². The van der Waals surface area contributed by atoms with Gasteiger partial charge in [-0.05, 0) is 42.8 Å². The molecule has 3 aromatic carbocycles. The van der Waals surface area contributed by atoms with Crippen molar-refractivity contribution in [2.75, 3.05) is 14.2 Å². The minimum absolute atomic E-state index is 0.104. The van der Waals surface area contributed by atoms with Gasteiger partial charge < -0.3 is 24.1 Å². The van der Waals surface area contributed by atoms with E-state index in [9.17, 15) is 5.11 Å². The third kappa shape index (κ3) is 4.04. The molecule has 0 radical (unpaired) electrons. The first kappa shape index (κ1) is 22.7. The number of benzene rings is 3. The number of ether oxygens (including phenoxy) is 4. The third-order valence-electron chi connectivity index (χ3n) is 6.36. The largest absolute Gasteiger partial charge is 0.508 e. The number of nitrogens with zero attached hydrogens (tertiary/aromatic N) is 4. The second-order valence-electron chi connectivity index (χ2n) is 8.73. The zero-order chi connectivity index (χ0) is 25.5. The van der Waals surface area contributed by atoms with Crippen molar-refractivity contribution in [3.8, 4) is 34.6 Å². The number of aromatic hydroxyl groups is 1. The van der Waals surface area contributed by atoms with Gasteiger partial charge in [-0.25, -0.2) is 14.5 Å². The number of aromatic nitrogens is 4. The van der Waals surface area contributed by atoms with E-state index in [4.69, 9.17) is 23.9 Å². The number of rotatable bonds is 6. The van der Waals surface area contributed by atoms with Crippen molar-refractivity contribution in [3.63, 3.8) is 0 Å². The summed E-state index contributed by atoms with van der Waals surface area (Å²) in [6, 6.07) is 18.7. The SMILES string of the molecule is COc1ccc([C@H]2c3ccc(O)cc3Oc3ncn4nc(COc5ccc(C)cc5)nc4c32)cc1OC. The maximum atomic E-state index is 10.1. The molecule has 1 atom stereocenters. The summed E-state index contributed by atoms with van der Waals surface area (Å²) in [5.41, 5.74) is 4.29. The van der Waals surface area contributed by atoms with Gasteiger partial charge in [0.05, 0.1) is 19.8 Å². The number of hydrogen-bond donors (Lipinski definition) is 1. The molecule has 0 bridgehead atoms. The predicted octanol–water partition coefficient (Wildman–Crippen LogP) is 5.02. The second kappa shape index (κ2) is 9.02. The van der Waals surface area contributed by atoms with E-state index in [1.807, 2.05) is 55.5 Å². The van der Waals surface area contributed by atoms with Gasteiger partial charge in [-0.15, -0.1) is 5.10 Å². The highest BCUT2D eigenvalue weighted by molar-refractivity contribution is 5.67. The van der Waals surface area contributed by atoms with Crippen molar-refractivity contribution >= 4 is 5.65 Å². The minimum atomic E-state index is -0.314. The van der Waals surface area contributed by atoms with Crippen LogP contribution in [0, 0.1) is 6.92 Å². The van der Waals surface area contributed by atoms with E-state index in [1.54, 1.807) is 37.2 Å². The summed E-state index contributed by atoms with van der Waals surface area (Å²) < 4.78 is 24.7. The molecule has 2 aromatic heterocycles. The van der Waals surface area contributed by atoms with Crippen molar-refractivity contribution in [2.24, 2.45) is 0 Å². The molecule has 1 aliphatic rings. The van der Waals surface area contributed by atoms with Crippen LogP contribution in [0.1, 0.15) is 34.0 Å². The Hall–Kier alpha value is -4.79. The Balaban J connectivity index is 1.47. The van der Waals surface area contributed by atoms with Crippen LogP contribution < -0.4 is 18.9 Å². The molecule has 0 aliphatic carbocycles. The van der Waals surface area contributed by atoms with E-state index in [0.717, 1.165) is 28.0 Å². The van der Waals surface area contributed by atoms with Crippen LogP contribution in [0.25, 0.3) is 5.65 Å². The summed E-state index contributed by atoms with van der Waals surface area (Å²) in [4.78, 5) is 9.33. The van der Waals surface area contributed by atoms with Crippen molar-refractivity contribution in [1.29, 1.82) is 0 Å². The van der Waals surface area contributed by atoms with E-state index in [0.29, 0.717) is 34.6 Å². The van der Waals surface area contributed by atoms with Crippen LogP contribution in [0.5, 0.6) is 34.6 Å². The minimum Gasteiger partial charge on any atom is -0.508 e. The number of phenols is 1. The summed E-state index contributed by atoms with van der Waals surface area (Å²) in [5.74, 6) is 3.18. The van der Waals surface area contributed by atoms with Gasteiger partial charge in [0.25, 0.3) is 0 Å². The second-order valence-corrected chi connectivity index (χ2v) is 8.73. The topological polar surface area (TPSA) is 100 Å². The molecule has 0 unspecified atom stereocenters. The van der Waals surface area contributed by atoms with Crippen LogP contribution >= 0.6 is 0 Å². The molecule has 0 amide bonds. The van der Waals surface area contributed by atoms with Gasteiger partial charge in [0.1, 0.15) is 30.2 Å². The molecular formula is C28H24N4O5. The molecule has 1 aliphatic heterocycles. The number of hydrogen-bond acceptors (Lipinski definition) is 8. The Morgan fingerprint density at radius 2 is 1.78 bits per heavy atom. The predicted molar refractivity (Wildman–Crippen MR) is 135 cm³/mol. The fourth-order valence-electron chi connectivity index (χ4n) is 4.57. The van der Waals surface area contributed by atoms with Gasteiger partial charge >= 0.3 is 0 Å². The van der Waals surface area contributed by atoms with Gasteiger partial charge in [0.2, 0.25) is 5.88 Å². The van der Waals surface area contributed by atoms with Gasteiger partial charge in [0, 0.05) is 17.5 Å². The smallest absolute Gasteiger partial charge is 0.228 e. The number of fused-ring (bicyclic) bond motifs is 4. The Morgan fingerprint density at radius 1 is 0.973 bits per heavy atom. The normalized spacial score (nSPS) is 14.0. The quantitative estimate of drug-likeness (QED) is 0.343. The monoisotopic (exact) mass is 496 g/mol. The van der Waals surface area contributed by atoms with Crippen LogP contribution in [0.2, 0.25) is 0 Å². The molecular weight excluding hydrogens is 472 g/mol. The molecule has 3 heterocycles. The summed E-state index contributed by atoms with van der Waals surface area (Å²) in [5, 5.41) is 14.7. The molecule has 37 heavy (non-hydrogen) atoms. The highest BCUT2D eigenvalue weighted by Crippen LogP contribution is 2.49. The lowest BCUT2D eigenvalue weighted by atomic mass is 9.83. The summed E-state index contributed by atoms with van der Waals surface area (Å²) in [6.07, 6.45) is 1.57. The Kier molecular flexibility index (Phi) is 5.52. The Bertz CT molecular complexity index is 1610. The number of methoxy groups -OCH3 is 2. The molecule has 0 saturated heterocycles. The van der Waals surface area contributed by atoms with E-state index in [1.165, 1.54) is 0 Å². The van der Waals surface area contributed by atoms with Crippen molar-refractivity contribution in [2.45, 2.75) is 19.4 Å². The van der Waals surface area contributed by atoms with Crippen LogP contribution in [0.4, 0.5) is 0 Å². The van der Waals surface area contributed by atoms with Crippen LogP contribution in [0.3, 0.4) is 0 Å². The molecule has 0 fully saturated rings. The average Bonchev–Trinajstić information content (AvgIpc) is 3.34. The van der Waals surface area contributed by atoms with Crippen molar-refractivity contribution in [1.82, 2.24) is 19.6 Å². The Morgan fingerprint density at radius 3 is 2.57 bits per heavy atom. The first-order chi connectivity index (χ1) is 18.0. The maximum Gasteiger partial charge on any atom is 0.228 e. The van der Waals surface area contributed by atoms with Crippen molar-refractivity contribution < 1.29 is 24.1 Å². The van der Waals surface area contributed by atoms with E-state index in [2.05, 4.69) is 10.1 Å². The van der Waals surface area contributed by atoms with Gasteiger partial charge in [-0.2, -0.15) is 0 Å². The highest BCUT2D eigenvalue weighted by Gasteiger charge is 2.34. The van der Waals surface area contributed by atoms with E-state index < -0.39 is 0 Å². The lowest BCUT2D eigenvalue weighted by Crippen LogP contribution is -2.15. The number of aryl methyl sites for hydroxylation is 1. The standard InChI is InChI=1S/C28H24N4O5/c1-16-4-8-19(9-5-16)36-14-24-30-27-26-25(17-6-11-21(34-2)23(12-17)35-3)20-10-7-18(33)13-22(20)37-28(26)29-15-32(27)31-24/h4-13,15,25,33H,14H2,1-3H3/t25-/m0/s1. The zero-order valence-corrected chi connectivity index (χ0v) is 20.5. The van der Waals surface area contributed by atoms with Gasteiger partial charge in [-0.1, -0.05) is 29.8 Å². The molecule has 186 valence electrons. The first-order valence-electron chi connectivity index (χ1n) is 11.7. The maximum absolute atomic E-state index is 10.1. The third-order valence-corrected chi connectivity index (χ3v) is 6.36. The average molecular weight is 497 g/mol. The van der Waals surface area contributed by atoms with E-state index >= 15 is 0 Å². The van der Waals surface area contributed by atoms with E-state index in [-0.39, 0.29) is 18.3 Å². The molecule has 5 aromatic rings. The lowest BCUT2D eigenvalue weighted by Gasteiger charge is -2.28. The fraction of sp³-hybridized carbons (Fsp3) is 0.179. The summed E-state index contributed by atoms with van der Waals surface area (Å²) >= 11 is 0. The van der Waals surface area contributed by atoms with Gasteiger partial charge in [0.15, 0.2) is 23.0 Å². The first-order valence-corrected chi connectivity index (χ1v) is 11.7. The molecule has 6 rings (SSSR count). The fourth-order valence-corrected chi connectivity index (χ4v) is 4.57. The summed E-state index contributed by atoms with van der Waals surface area (Å²) in [6.45, 7) is 2.23. The molecule has 9 heteroatoms. The molecule has 9 nitrogen and oxygen atoms in total. The lowest BCUT2D eigenvalue weighted by molar-refractivity contribution is 0.296. The Labute approximate surface area is 212 Å².